The lowest BCUT2D eigenvalue weighted by Gasteiger charge is -1.93. The smallest absolute Gasteiger partial charge is 0.356 e. The van der Waals surface area contributed by atoms with Gasteiger partial charge in [-0.05, 0) is 19.1 Å². The van der Waals surface area contributed by atoms with Crippen LogP contribution in [0.3, 0.4) is 0 Å². The molecule has 0 aliphatic carbocycles. The van der Waals surface area contributed by atoms with Crippen molar-refractivity contribution in [2.45, 2.75) is 6.92 Å². The molecule has 6 heteroatoms. The van der Waals surface area contributed by atoms with Gasteiger partial charge in [0.15, 0.2) is 16.4 Å². The number of rotatable bonds is 2. The van der Waals surface area contributed by atoms with Crippen LogP contribution in [0.5, 0.6) is 0 Å². The van der Waals surface area contributed by atoms with Crippen LogP contribution in [0.25, 0.3) is 16.4 Å². The van der Waals surface area contributed by atoms with Gasteiger partial charge in [0.2, 0.25) is 0 Å². The van der Waals surface area contributed by atoms with Gasteiger partial charge < -0.3 is 9.52 Å². The van der Waals surface area contributed by atoms with Crippen LogP contribution in [0, 0.1) is 6.92 Å². The summed E-state index contributed by atoms with van der Waals surface area (Å²) in [6, 6.07) is 3.73. The number of fused-ring (bicyclic) bond motifs is 1. The van der Waals surface area contributed by atoms with Gasteiger partial charge in [-0.3, -0.25) is 4.40 Å². The molecule has 3 heterocycles. The summed E-state index contributed by atoms with van der Waals surface area (Å²) in [6.07, 6.45) is 1.50. The molecule has 0 amide bonds. The minimum Gasteiger partial charge on any atom is -0.476 e. The van der Waals surface area contributed by atoms with Crippen LogP contribution in [0.15, 0.2) is 28.1 Å². The van der Waals surface area contributed by atoms with Crippen molar-refractivity contribution in [2.75, 3.05) is 0 Å². The molecule has 5 nitrogen and oxygen atoms in total. The van der Waals surface area contributed by atoms with Gasteiger partial charge in [-0.25, -0.2) is 9.78 Å². The van der Waals surface area contributed by atoms with Crippen LogP contribution >= 0.6 is 11.3 Å². The van der Waals surface area contributed by atoms with E-state index in [1.165, 1.54) is 17.5 Å². The Bertz CT molecular complexity index is 707. The topological polar surface area (TPSA) is 67.7 Å². The first-order chi connectivity index (χ1) is 8.15. The van der Waals surface area contributed by atoms with Gasteiger partial charge in [0.25, 0.3) is 0 Å². The van der Waals surface area contributed by atoms with Crippen molar-refractivity contribution in [1.82, 2.24) is 9.38 Å². The molecule has 0 atom stereocenters. The summed E-state index contributed by atoms with van der Waals surface area (Å²) in [7, 11) is 0. The minimum atomic E-state index is -1.03. The molecule has 0 aliphatic rings. The number of imidazole rings is 1. The molecule has 0 unspecified atom stereocenters. The first-order valence-electron chi connectivity index (χ1n) is 4.92. The number of hydrogen-bond acceptors (Lipinski definition) is 4. The summed E-state index contributed by atoms with van der Waals surface area (Å²) in [5.74, 6) is 0.503. The van der Waals surface area contributed by atoms with Crippen molar-refractivity contribution in [3.63, 3.8) is 0 Å². The zero-order valence-electron chi connectivity index (χ0n) is 8.88. The number of aryl methyl sites for hydroxylation is 1. The molecule has 0 aliphatic heterocycles. The number of nitrogens with zero attached hydrogens (tertiary/aromatic N) is 2. The van der Waals surface area contributed by atoms with E-state index in [9.17, 15) is 4.79 Å². The number of carbonyl (C=O) groups is 1. The van der Waals surface area contributed by atoms with E-state index >= 15 is 0 Å². The lowest BCUT2D eigenvalue weighted by molar-refractivity contribution is 0.0691. The average Bonchev–Trinajstić information content (AvgIpc) is 2.90. The fourth-order valence-electron chi connectivity index (χ4n) is 1.64. The van der Waals surface area contributed by atoms with Crippen LogP contribution < -0.4 is 0 Å². The standard InChI is InChI=1S/C11H8N2O3S/c1-6-2-3-9(16-6)8-5-17-11-12-7(10(14)15)4-13(8)11/h2-5H,1H3,(H,14,15). The molecule has 0 spiro atoms. The van der Waals surface area contributed by atoms with E-state index in [0.29, 0.717) is 10.7 Å². The molecular weight excluding hydrogens is 240 g/mol. The van der Waals surface area contributed by atoms with Gasteiger partial charge in [0, 0.05) is 11.6 Å². The number of thiazole rings is 1. The van der Waals surface area contributed by atoms with Crippen LogP contribution in [0.4, 0.5) is 0 Å². The maximum atomic E-state index is 10.8. The molecule has 0 saturated heterocycles. The lowest BCUT2D eigenvalue weighted by atomic mass is 10.3. The third-order valence-electron chi connectivity index (χ3n) is 2.42. The number of aromatic nitrogens is 2. The lowest BCUT2D eigenvalue weighted by Crippen LogP contribution is -1.95. The highest BCUT2D eigenvalue weighted by Crippen LogP contribution is 2.27. The number of aromatic carboxylic acids is 1. The van der Waals surface area contributed by atoms with Crippen LogP contribution in [0.2, 0.25) is 0 Å². The summed E-state index contributed by atoms with van der Waals surface area (Å²) < 4.78 is 7.24. The van der Waals surface area contributed by atoms with E-state index in [0.717, 1.165) is 11.5 Å². The molecule has 0 saturated carbocycles. The minimum absolute atomic E-state index is 0.0429. The Morgan fingerprint density at radius 3 is 3.00 bits per heavy atom. The summed E-state index contributed by atoms with van der Waals surface area (Å²) in [6.45, 7) is 1.86. The van der Waals surface area contributed by atoms with Crippen LogP contribution in [0.1, 0.15) is 16.2 Å². The molecule has 3 aromatic rings. The molecule has 86 valence electrons. The molecule has 1 N–H and O–H groups in total. The second-order valence-electron chi connectivity index (χ2n) is 3.62. The van der Waals surface area contributed by atoms with E-state index in [2.05, 4.69) is 4.98 Å². The molecule has 0 bridgehead atoms. The Labute approximate surface area is 99.9 Å². The van der Waals surface area contributed by atoms with Crippen molar-refractivity contribution >= 4 is 22.3 Å². The summed E-state index contributed by atoms with van der Waals surface area (Å²) in [4.78, 5) is 15.5. The van der Waals surface area contributed by atoms with Gasteiger partial charge in [-0.2, -0.15) is 0 Å². The third-order valence-corrected chi connectivity index (χ3v) is 3.26. The Morgan fingerprint density at radius 2 is 2.35 bits per heavy atom. The van der Waals surface area contributed by atoms with Crippen LogP contribution in [-0.2, 0) is 0 Å². The number of furan rings is 1. The molecule has 0 radical (unpaired) electrons. The van der Waals surface area contributed by atoms with E-state index in [4.69, 9.17) is 9.52 Å². The number of hydrogen-bond donors (Lipinski definition) is 1. The highest BCUT2D eigenvalue weighted by Gasteiger charge is 2.15. The second-order valence-corrected chi connectivity index (χ2v) is 4.45. The molecule has 3 aromatic heterocycles. The predicted octanol–water partition coefficient (Wildman–Crippen LogP) is 2.66. The summed E-state index contributed by atoms with van der Waals surface area (Å²) in [5, 5.41) is 10.8. The normalized spacial score (nSPS) is 11.1. The Balaban J connectivity index is 2.20. The van der Waals surface area contributed by atoms with E-state index in [1.807, 2.05) is 24.4 Å². The Hall–Kier alpha value is -2.08. The van der Waals surface area contributed by atoms with Gasteiger partial charge in [0.05, 0.1) is 0 Å². The zero-order chi connectivity index (χ0) is 12.0. The molecule has 17 heavy (non-hydrogen) atoms. The zero-order valence-corrected chi connectivity index (χ0v) is 9.69. The highest BCUT2D eigenvalue weighted by atomic mass is 32.1. The van der Waals surface area contributed by atoms with Crippen molar-refractivity contribution in [3.8, 4) is 11.5 Å². The number of carboxylic acids is 1. The summed E-state index contributed by atoms with van der Waals surface area (Å²) in [5.41, 5.74) is 0.861. The Morgan fingerprint density at radius 1 is 1.53 bits per heavy atom. The molecule has 0 fully saturated rings. The predicted molar refractivity (Wildman–Crippen MR) is 62.5 cm³/mol. The molecular formula is C11H8N2O3S. The molecule has 0 aromatic carbocycles. The van der Waals surface area contributed by atoms with Gasteiger partial charge in [0.1, 0.15) is 11.5 Å². The van der Waals surface area contributed by atoms with Crippen molar-refractivity contribution in [3.05, 3.63) is 35.2 Å². The van der Waals surface area contributed by atoms with E-state index in [-0.39, 0.29) is 5.69 Å². The first-order valence-corrected chi connectivity index (χ1v) is 5.80. The SMILES string of the molecule is Cc1ccc(-c2csc3nc(C(=O)O)cn23)o1. The van der Waals surface area contributed by atoms with Crippen molar-refractivity contribution < 1.29 is 14.3 Å². The first kappa shape index (κ1) is 10.1. The largest absolute Gasteiger partial charge is 0.476 e. The maximum absolute atomic E-state index is 10.8. The van der Waals surface area contributed by atoms with Crippen molar-refractivity contribution in [1.29, 1.82) is 0 Å². The van der Waals surface area contributed by atoms with Gasteiger partial charge in [-0.1, -0.05) is 0 Å². The molecule has 3 rings (SSSR count). The monoisotopic (exact) mass is 248 g/mol. The van der Waals surface area contributed by atoms with Gasteiger partial charge >= 0.3 is 5.97 Å². The van der Waals surface area contributed by atoms with E-state index in [1.54, 1.807) is 4.40 Å². The maximum Gasteiger partial charge on any atom is 0.356 e. The fraction of sp³-hybridized carbons (Fsp3) is 0.0909. The fourth-order valence-corrected chi connectivity index (χ4v) is 2.50. The van der Waals surface area contributed by atoms with E-state index < -0.39 is 5.97 Å². The van der Waals surface area contributed by atoms with Crippen LogP contribution in [-0.4, -0.2) is 20.5 Å². The highest BCUT2D eigenvalue weighted by molar-refractivity contribution is 7.15. The van der Waals surface area contributed by atoms with Crippen molar-refractivity contribution in [2.24, 2.45) is 0 Å². The van der Waals surface area contributed by atoms with Gasteiger partial charge in [-0.15, -0.1) is 11.3 Å². The Kier molecular flexibility index (Phi) is 2.05. The average molecular weight is 248 g/mol. The number of carboxylic acid groups (broad SMARTS) is 1. The quantitative estimate of drug-likeness (QED) is 0.757. The summed E-state index contributed by atoms with van der Waals surface area (Å²) >= 11 is 1.38. The third kappa shape index (κ3) is 1.53. The second kappa shape index (κ2) is 3.46.